The molecule has 5 nitrogen and oxygen atoms in total. The Hall–Kier alpha value is -2.94. The zero-order chi connectivity index (χ0) is 15.4. The van der Waals surface area contributed by atoms with Gasteiger partial charge in [0, 0.05) is 18.2 Å². The van der Waals surface area contributed by atoms with Crippen molar-refractivity contribution in [2.24, 2.45) is 0 Å². The second kappa shape index (κ2) is 6.01. The van der Waals surface area contributed by atoms with Crippen LogP contribution in [0.15, 0.2) is 42.5 Å². The van der Waals surface area contributed by atoms with Gasteiger partial charge in [-0.3, -0.25) is 10.1 Å². The van der Waals surface area contributed by atoms with Gasteiger partial charge in [0.1, 0.15) is 11.5 Å². The van der Waals surface area contributed by atoms with Crippen LogP contribution in [0, 0.1) is 27.3 Å². The van der Waals surface area contributed by atoms with Crippen molar-refractivity contribution in [2.45, 2.75) is 13.0 Å². The number of benzene rings is 2. The van der Waals surface area contributed by atoms with Crippen LogP contribution in [0.2, 0.25) is 0 Å². The molecule has 1 atom stereocenters. The summed E-state index contributed by atoms with van der Waals surface area (Å²) < 4.78 is 13.3. The Morgan fingerprint density at radius 3 is 2.76 bits per heavy atom. The van der Waals surface area contributed by atoms with Crippen LogP contribution in [0.3, 0.4) is 0 Å². The predicted molar refractivity (Wildman–Crippen MR) is 76.2 cm³/mol. The van der Waals surface area contributed by atoms with Gasteiger partial charge in [0.05, 0.1) is 16.6 Å². The first-order valence-electron chi connectivity index (χ1n) is 6.22. The maximum atomic E-state index is 13.3. The number of nitro groups is 1. The fourth-order valence-electron chi connectivity index (χ4n) is 1.98. The van der Waals surface area contributed by atoms with Gasteiger partial charge in [0.15, 0.2) is 0 Å². The topological polar surface area (TPSA) is 79.0 Å². The molecule has 0 heterocycles. The normalized spacial score (nSPS) is 11.5. The highest BCUT2D eigenvalue weighted by Gasteiger charge is 2.17. The fraction of sp³-hybridized carbons (Fsp3) is 0.133. The van der Waals surface area contributed by atoms with Crippen molar-refractivity contribution in [3.8, 4) is 6.07 Å². The highest BCUT2D eigenvalue weighted by Crippen LogP contribution is 2.29. The Morgan fingerprint density at radius 1 is 1.33 bits per heavy atom. The maximum absolute atomic E-state index is 13.3. The number of anilines is 1. The molecule has 0 saturated heterocycles. The van der Waals surface area contributed by atoms with E-state index in [2.05, 4.69) is 5.32 Å². The summed E-state index contributed by atoms with van der Waals surface area (Å²) in [6, 6.07) is 11.8. The average molecular weight is 285 g/mol. The van der Waals surface area contributed by atoms with Crippen LogP contribution < -0.4 is 5.32 Å². The van der Waals surface area contributed by atoms with E-state index in [-0.39, 0.29) is 17.4 Å². The van der Waals surface area contributed by atoms with Gasteiger partial charge < -0.3 is 5.32 Å². The van der Waals surface area contributed by atoms with Crippen molar-refractivity contribution < 1.29 is 9.31 Å². The van der Waals surface area contributed by atoms with Crippen LogP contribution in [-0.2, 0) is 0 Å². The molecule has 0 fully saturated rings. The van der Waals surface area contributed by atoms with E-state index in [0.29, 0.717) is 5.56 Å². The first-order chi connectivity index (χ1) is 10.0. The molecular formula is C15H12FN3O2. The molecule has 0 aliphatic rings. The van der Waals surface area contributed by atoms with Crippen LogP contribution in [0.4, 0.5) is 15.8 Å². The minimum atomic E-state index is -0.569. The van der Waals surface area contributed by atoms with Crippen molar-refractivity contribution in [3.63, 3.8) is 0 Å². The molecule has 6 heteroatoms. The van der Waals surface area contributed by atoms with Crippen LogP contribution in [0.25, 0.3) is 0 Å². The monoisotopic (exact) mass is 285 g/mol. The smallest absolute Gasteiger partial charge is 0.292 e. The minimum absolute atomic E-state index is 0.106. The quantitative estimate of drug-likeness (QED) is 0.685. The molecule has 0 radical (unpaired) electrons. The van der Waals surface area contributed by atoms with E-state index in [4.69, 9.17) is 5.26 Å². The Morgan fingerprint density at radius 2 is 2.10 bits per heavy atom. The number of rotatable bonds is 4. The zero-order valence-electron chi connectivity index (χ0n) is 11.2. The number of hydrogen-bond donors (Lipinski definition) is 1. The molecule has 0 bridgehead atoms. The number of nitrogens with zero attached hydrogens (tertiary/aromatic N) is 2. The molecule has 0 saturated carbocycles. The molecule has 21 heavy (non-hydrogen) atoms. The molecule has 2 aromatic rings. The summed E-state index contributed by atoms with van der Waals surface area (Å²) in [7, 11) is 0. The summed E-state index contributed by atoms with van der Waals surface area (Å²) >= 11 is 0. The zero-order valence-corrected chi connectivity index (χ0v) is 11.2. The van der Waals surface area contributed by atoms with Crippen molar-refractivity contribution >= 4 is 11.4 Å². The standard InChI is InChI=1S/C15H12FN3O2/c1-10(12-4-2-3-11(7-12)9-17)18-14-8-13(16)5-6-15(14)19(20)21/h2-8,10,18H,1H3. The molecule has 2 rings (SSSR count). The SMILES string of the molecule is CC(Nc1cc(F)ccc1[N+](=O)[O-])c1cccc(C#N)c1. The average Bonchev–Trinajstić information content (AvgIpc) is 2.47. The predicted octanol–water partition coefficient (Wildman–Crippen LogP) is 3.78. The van der Waals surface area contributed by atoms with Gasteiger partial charge in [-0.25, -0.2) is 4.39 Å². The molecular weight excluding hydrogens is 273 g/mol. The lowest BCUT2D eigenvalue weighted by Gasteiger charge is -2.16. The molecule has 2 aromatic carbocycles. The Balaban J connectivity index is 2.31. The highest BCUT2D eigenvalue weighted by atomic mass is 19.1. The summed E-state index contributed by atoms with van der Waals surface area (Å²) in [6.45, 7) is 1.78. The molecule has 0 spiro atoms. The summed E-state index contributed by atoms with van der Waals surface area (Å²) in [5.74, 6) is -0.555. The summed E-state index contributed by atoms with van der Waals surface area (Å²) in [5.41, 5.74) is 1.19. The van der Waals surface area contributed by atoms with Crippen molar-refractivity contribution in [2.75, 3.05) is 5.32 Å². The van der Waals surface area contributed by atoms with E-state index in [1.807, 2.05) is 6.07 Å². The Kier molecular flexibility index (Phi) is 4.14. The van der Waals surface area contributed by atoms with Crippen molar-refractivity contribution in [1.82, 2.24) is 0 Å². The van der Waals surface area contributed by atoms with E-state index in [1.165, 1.54) is 0 Å². The van der Waals surface area contributed by atoms with Gasteiger partial charge in [-0.2, -0.15) is 5.26 Å². The summed E-state index contributed by atoms with van der Waals surface area (Å²) in [5, 5.41) is 22.7. The number of nitriles is 1. The molecule has 0 aromatic heterocycles. The van der Waals surface area contributed by atoms with Gasteiger partial charge >= 0.3 is 0 Å². The third kappa shape index (κ3) is 3.34. The van der Waals surface area contributed by atoms with Crippen LogP contribution in [-0.4, -0.2) is 4.92 Å². The number of nitrogens with one attached hydrogen (secondary N) is 1. The molecule has 1 unspecified atom stereocenters. The van der Waals surface area contributed by atoms with Crippen LogP contribution in [0.1, 0.15) is 24.1 Å². The lowest BCUT2D eigenvalue weighted by molar-refractivity contribution is -0.384. The van der Waals surface area contributed by atoms with Crippen molar-refractivity contribution in [3.05, 3.63) is 69.5 Å². The molecule has 0 aliphatic heterocycles. The van der Waals surface area contributed by atoms with E-state index in [1.54, 1.807) is 31.2 Å². The number of hydrogen-bond acceptors (Lipinski definition) is 4. The second-order valence-corrected chi connectivity index (χ2v) is 4.52. The van der Waals surface area contributed by atoms with E-state index >= 15 is 0 Å². The fourth-order valence-corrected chi connectivity index (χ4v) is 1.98. The van der Waals surface area contributed by atoms with Crippen molar-refractivity contribution in [1.29, 1.82) is 5.26 Å². The van der Waals surface area contributed by atoms with Gasteiger partial charge in [-0.1, -0.05) is 12.1 Å². The lowest BCUT2D eigenvalue weighted by Crippen LogP contribution is -2.09. The highest BCUT2D eigenvalue weighted by molar-refractivity contribution is 5.62. The first-order valence-corrected chi connectivity index (χ1v) is 6.22. The van der Waals surface area contributed by atoms with Gasteiger partial charge in [-0.15, -0.1) is 0 Å². The number of halogens is 1. The summed E-state index contributed by atoms with van der Waals surface area (Å²) in [6.07, 6.45) is 0. The largest absolute Gasteiger partial charge is 0.373 e. The van der Waals surface area contributed by atoms with E-state index < -0.39 is 10.7 Å². The lowest BCUT2D eigenvalue weighted by atomic mass is 10.1. The number of nitro benzene ring substituents is 1. The second-order valence-electron chi connectivity index (χ2n) is 4.52. The molecule has 0 aliphatic carbocycles. The Labute approximate surface area is 120 Å². The molecule has 1 N–H and O–H groups in total. The molecule has 0 amide bonds. The third-order valence-electron chi connectivity index (χ3n) is 3.04. The summed E-state index contributed by atoms with van der Waals surface area (Å²) in [4.78, 5) is 10.4. The third-order valence-corrected chi connectivity index (χ3v) is 3.04. The maximum Gasteiger partial charge on any atom is 0.292 e. The minimum Gasteiger partial charge on any atom is -0.373 e. The van der Waals surface area contributed by atoms with Gasteiger partial charge in [0.2, 0.25) is 0 Å². The molecule has 106 valence electrons. The van der Waals surface area contributed by atoms with E-state index in [9.17, 15) is 14.5 Å². The van der Waals surface area contributed by atoms with Crippen LogP contribution in [0.5, 0.6) is 0 Å². The van der Waals surface area contributed by atoms with Gasteiger partial charge in [0.25, 0.3) is 5.69 Å². The van der Waals surface area contributed by atoms with Crippen LogP contribution >= 0.6 is 0 Å². The Bertz CT molecular complexity index is 725. The first kappa shape index (κ1) is 14.5. The van der Waals surface area contributed by atoms with E-state index in [0.717, 1.165) is 23.8 Å². The van der Waals surface area contributed by atoms with Gasteiger partial charge in [-0.05, 0) is 30.7 Å².